The molecule has 0 amide bonds. The van der Waals surface area contributed by atoms with Gasteiger partial charge in [0.1, 0.15) is 0 Å². The Bertz CT molecular complexity index is 719. The summed E-state index contributed by atoms with van der Waals surface area (Å²) in [6.07, 6.45) is 4.21. The van der Waals surface area contributed by atoms with E-state index >= 15 is 0 Å². The van der Waals surface area contributed by atoms with Crippen LogP contribution in [0, 0.1) is 0 Å². The number of nitrogens with zero attached hydrogens (tertiary/aromatic N) is 2. The molecular weight excluding hydrogens is 340 g/mol. The van der Waals surface area contributed by atoms with Crippen LogP contribution < -0.4 is 0 Å². The average Bonchev–Trinajstić information content (AvgIpc) is 2.97. The summed E-state index contributed by atoms with van der Waals surface area (Å²) in [6.45, 7) is 0. The minimum absolute atomic E-state index is 0.394. The maximum atomic E-state index is 11.5. The number of aliphatic carboxylic acids is 1. The van der Waals surface area contributed by atoms with Gasteiger partial charge in [0.05, 0.1) is 11.6 Å². The molecule has 0 aliphatic heterocycles. The van der Waals surface area contributed by atoms with Gasteiger partial charge in [-0.15, -0.1) is 11.3 Å². The van der Waals surface area contributed by atoms with Crippen molar-refractivity contribution >= 4 is 38.2 Å². The highest BCUT2D eigenvalue weighted by Gasteiger charge is 2.21. The van der Waals surface area contributed by atoms with Crippen LogP contribution in [0.15, 0.2) is 46.5 Å². The second-order valence-corrected chi connectivity index (χ2v) is 6.26. The van der Waals surface area contributed by atoms with E-state index < -0.39 is 11.9 Å². The number of hydrogen-bond donors (Lipinski definition) is 1. The largest absolute Gasteiger partial charge is 0.481 e. The van der Waals surface area contributed by atoms with Gasteiger partial charge in [-0.3, -0.25) is 9.20 Å². The lowest BCUT2D eigenvalue weighted by Gasteiger charge is -2.11. The molecule has 1 aromatic carbocycles. The summed E-state index contributed by atoms with van der Waals surface area (Å²) in [5.74, 6) is -1.41. The summed E-state index contributed by atoms with van der Waals surface area (Å²) < 4.78 is 2.86. The van der Waals surface area contributed by atoms with E-state index in [0.717, 1.165) is 20.7 Å². The van der Waals surface area contributed by atoms with Gasteiger partial charge in [0.25, 0.3) is 0 Å². The number of hydrogen-bond acceptors (Lipinski definition) is 3. The Hall–Kier alpha value is -1.66. The molecule has 0 aliphatic rings. The maximum absolute atomic E-state index is 11.5. The van der Waals surface area contributed by atoms with Crippen LogP contribution >= 0.6 is 27.3 Å². The van der Waals surface area contributed by atoms with Crippen LogP contribution in [0.25, 0.3) is 4.96 Å². The summed E-state index contributed by atoms with van der Waals surface area (Å²) >= 11 is 4.89. The van der Waals surface area contributed by atoms with E-state index in [9.17, 15) is 9.90 Å². The van der Waals surface area contributed by atoms with E-state index in [0.29, 0.717) is 6.42 Å². The van der Waals surface area contributed by atoms with Crippen molar-refractivity contribution in [3.63, 3.8) is 0 Å². The van der Waals surface area contributed by atoms with Gasteiger partial charge in [-0.2, -0.15) is 0 Å². The predicted molar refractivity (Wildman–Crippen MR) is 81.3 cm³/mol. The Balaban J connectivity index is 1.89. The molecule has 3 aromatic rings. The van der Waals surface area contributed by atoms with E-state index in [-0.39, 0.29) is 0 Å². The lowest BCUT2D eigenvalue weighted by atomic mass is 9.95. The molecule has 0 fully saturated rings. The molecule has 20 heavy (non-hydrogen) atoms. The van der Waals surface area contributed by atoms with Gasteiger partial charge in [-0.25, -0.2) is 4.98 Å². The molecule has 0 saturated carbocycles. The van der Waals surface area contributed by atoms with Crippen molar-refractivity contribution in [2.24, 2.45) is 0 Å². The van der Waals surface area contributed by atoms with E-state index in [1.54, 1.807) is 0 Å². The zero-order valence-electron chi connectivity index (χ0n) is 10.4. The van der Waals surface area contributed by atoms with Gasteiger partial charge in [-0.05, 0) is 17.7 Å². The van der Waals surface area contributed by atoms with Crippen LogP contribution in [-0.4, -0.2) is 20.5 Å². The first kappa shape index (κ1) is 13.3. The molecule has 1 N–H and O–H groups in total. The summed E-state index contributed by atoms with van der Waals surface area (Å²) in [5, 5.41) is 11.4. The summed E-state index contributed by atoms with van der Waals surface area (Å²) in [6, 6.07) is 7.39. The van der Waals surface area contributed by atoms with Crippen molar-refractivity contribution in [2.45, 2.75) is 12.3 Å². The van der Waals surface area contributed by atoms with Crippen molar-refractivity contribution in [1.29, 1.82) is 0 Å². The number of fused-ring (bicyclic) bond motifs is 1. The van der Waals surface area contributed by atoms with Crippen LogP contribution in [-0.2, 0) is 11.2 Å². The highest BCUT2D eigenvalue weighted by Crippen LogP contribution is 2.24. The third-order valence-electron chi connectivity index (χ3n) is 3.13. The van der Waals surface area contributed by atoms with Crippen LogP contribution in [0.5, 0.6) is 0 Å². The van der Waals surface area contributed by atoms with Crippen molar-refractivity contribution in [1.82, 2.24) is 9.38 Å². The van der Waals surface area contributed by atoms with Crippen LogP contribution in [0.4, 0.5) is 0 Å². The second-order valence-electron chi connectivity index (χ2n) is 4.47. The molecule has 0 aliphatic carbocycles. The smallest absolute Gasteiger partial charge is 0.311 e. The first-order valence-corrected chi connectivity index (χ1v) is 7.70. The minimum atomic E-state index is -0.830. The number of carboxylic acid groups (broad SMARTS) is 1. The molecular formula is C14H11BrN2O2S. The van der Waals surface area contributed by atoms with E-state index in [1.807, 2.05) is 46.4 Å². The zero-order chi connectivity index (χ0) is 14.1. The Kier molecular flexibility index (Phi) is 3.58. The van der Waals surface area contributed by atoms with Gasteiger partial charge >= 0.3 is 5.97 Å². The molecule has 2 heterocycles. The fourth-order valence-corrected chi connectivity index (χ4v) is 3.11. The topological polar surface area (TPSA) is 54.6 Å². The highest BCUT2D eigenvalue weighted by molar-refractivity contribution is 9.10. The van der Waals surface area contributed by atoms with E-state index in [1.165, 1.54) is 11.3 Å². The van der Waals surface area contributed by atoms with Crippen LogP contribution in [0.3, 0.4) is 0 Å². The first-order valence-electron chi connectivity index (χ1n) is 6.03. The van der Waals surface area contributed by atoms with Crippen LogP contribution in [0.2, 0.25) is 0 Å². The quantitative estimate of drug-likeness (QED) is 0.782. The molecule has 3 rings (SSSR count). The third kappa shape index (κ3) is 2.62. The molecule has 0 spiro atoms. The second kappa shape index (κ2) is 5.38. The molecule has 102 valence electrons. The standard InChI is InChI=1S/C14H11BrN2O2S/c15-10-3-1-9(2-4-10)12(13(18)19)7-11-8-17-5-6-20-14(17)16-11/h1-6,8,12H,7H2,(H,18,19). The zero-order valence-corrected chi connectivity index (χ0v) is 12.8. The first-order chi connectivity index (χ1) is 9.63. The molecule has 0 bridgehead atoms. The van der Waals surface area contributed by atoms with Gasteiger partial charge < -0.3 is 5.11 Å². The summed E-state index contributed by atoms with van der Waals surface area (Å²) in [4.78, 5) is 16.8. The van der Waals surface area contributed by atoms with E-state index in [4.69, 9.17) is 0 Å². The Labute approximate surface area is 127 Å². The van der Waals surface area contributed by atoms with Gasteiger partial charge in [-0.1, -0.05) is 28.1 Å². The lowest BCUT2D eigenvalue weighted by Crippen LogP contribution is -2.14. The fourth-order valence-electron chi connectivity index (χ4n) is 2.13. The van der Waals surface area contributed by atoms with Crippen molar-refractivity contribution in [2.75, 3.05) is 0 Å². The highest BCUT2D eigenvalue weighted by atomic mass is 79.9. The lowest BCUT2D eigenvalue weighted by molar-refractivity contribution is -0.138. The van der Waals surface area contributed by atoms with Crippen LogP contribution in [0.1, 0.15) is 17.2 Å². The third-order valence-corrected chi connectivity index (χ3v) is 4.43. The predicted octanol–water partition coefficient (Wildman–Crippen LogP) is 3.57. The number of aromatic nitrogens is 2. The minimum Gasteiger partial charge on any atom is -0.481 e. The summed E-state index contributed by atoms with van der Waals surface area (Å²) in [5.41, 5.74) is 1.59. The van der Waals surface area contributed by atoms with Crippen molar-refractivity contribution in [3.8, 4) is 0 Å². The van der Waals surface area contributed by atoms with Gasteiger partial charge in [0.15, 0.2) is 4.96 Å². The monoisotopic (exact) mass is 350 g/mol. The van der Waals surface area contributed by atoms with Gasteiger partial charge in [0, 0.05) is 28.7 Å². The Morgan fingerprint density at radius 3 is 2.80 bits per heavy atom. The molecule has 2 aromatic heterocycles. The maximum Gasteiger partial charge on any atom is 0.311 e. The molecule has 0 radical (unpaired) electrons. The number of carboxylic acids is 1. The number of benzene rings is 1. The average molecular weight is 351 g/mol. The number of rotatable bonds is 4. The summed E-state index contributed by atoms with van der Waals surface area (Å²) in [7, 11) is 0. The number of thiazole rings is 1. The molecule has 4 nitrogen and oxygen atoms in total. The number of imidazole rings is 1. The molecule has 1 unspecified atom stereocenters. The Morgan fingerprint density at radius 1 is 1.40 bits per heavy atom. The molecule has 0 saturated heterocycles. The fraction of sp³-hybridized carbons (Fsp3) is 0.143. The van der Waals surface area contributed by atoms with Crippen molar-refractivity contribution in [3.05, 3.63) is 57.8 Å². The number of halogens is 1. The molecule has 6 heteroatoms. The van der Waals surface area contributed by atoms with E-state index in [2.05, 4.69) is 20.9 Å². The van der Waals surface area contributed by atoms with Gasteiger partial charge in [0.2, 0.25) is 0 Å². The SMILES string of the molecule is O=C(O)C(Cc1cn2ccsc2n1)c1ccc(Br)cc1. The molecule has 1 atom stereocenters. The Morgan fingerprint density at radius 2 is 2.15 bits per heavy atom. The van der Waals surface area contributed by atoms with Crippen molar-refractivity contribution < 1.29 is 9.90 Å². The number of carbonyl (C=O) groups is 1. The normalized spacial score (nSPS) is 12.7.